The Morgan fingerprint density at radius 3 is 2.63 bits per heavy atom. The zero-order valence-corrected chi connectivity index (χ0v) is 10.0. The van der Waals surface area contributed by atoms with Gasteiger partial charge in [-0.25, -0.2) is 9.18 Å². The fourth-order valence-corrected chi connectivity index (χ4v) is 1.38. The third-order valence-corrected chi connectivity index (χ3v) is 2.35. The summed E-state index contributed by atoms with van der Waals surface area (Å²) in [4.78, 5) is 22.2. The van der Waals surface area contributed by atoms with Crippen molar-refractivity contribution in [3.05, 3.63) is 41.7 Å². The molecule has 0 aliphatic rings. The van der Waals surface area contributed by atoms with Crippen LogP contribution in [0.5, 0.6) is 0 Å². The Bertz CT molecular complexity index is 487. The fourth-order valence-electron chi connectivity index (χ4n) is 1.38. The second-order valence-electron chi connectivity index (χ2n) is 3.77. The summed E-state index contributed by atoms with van der Waals surface area (Å²) in [6, 6.07) is 4.72. The number of carbonyl (C=O) groups is 2. The average molecular weight is 267 g/mol. The molecule has 5 nitrogen and oxygen atoms in total. The van der Waals surface area contributed by atoms with E-state index in [1.165, 1.54) is 24.3 Å². The van der Waals surface area contributed by atoms with Gasteiger partial charge in [0.1, 0.15) is 11.9 Å². The van der Waals surface area contributed by atoms with Crippen molar-refractivity contribution in [2.45, 2.75) is 12.5 Å². The van der Waals surface area contributed by atoms with Gasteiger partial charge in [-0.05, 0) is 12.1 Å². The molecule has 102 valence electrons. The number of hydrogen-bond donors (Lipinski definition) is 3. The zero-order chi connectivity index (χ0) is 14.3. The maximum absolute atomic E-state index is 13.2. The Balaban J connectivity index is 2.64. The van der Waals surface area contributed by atoms with Crippen LogP contribution in [0.25, 0.3) is 6.08 Å². The van der Waals surface area contributed by atoms with Crippen molar-refractivity contribution in [2.75, 3.05) is 6.61 Å². The molecule has 6 heteroatoms. The first-order valence-electron chi connectivity index (χ1n) is 5.61. The van der Waals surface area contributed by atoms with E-state index in [0.717, 1.165) is 6.08 Å². The summed E-state index contributed by atoms with van der Waals surface area (Å²) in [5.74, 6) is -2.37. The summed E-state index contributed by atoms with van der Waals surface area (Å²) in [5, 5.41) is 19.6. The number of nitrogens with one attached hydrogen (secondary N) is 1. The average Bonchev–Trinajstić information content (AvgIpc) is 2.37. The topological polar surface area (TPSA) is 86.6 Å². The lowest BCUT2D eigenvalue weighted by Gasteiger charge is -2.11. The van der Waals surface area contributed by atoms with Crippen LogP contribution in [0.3, 0.4) is 0 Å². The van der Waals surface area contributed by atoms with Crippen molar-refractivity contribution >= 4 is 18.0 Å². The number of benzene rings is 1. The van der Waals surface area contributed by atoms with E-state index in [9.17, 15) is 14.0 Å². The third kappa shape index (κ3) is 4.89. The SMILES string of the molecule is O=C(/C=C/c1ccccc1F)N[C@@H](CCO)C(=O)O. The lowest BCUT2D eigenvalue weighted by Crippen LogP contribution is -2.40. The number of rotatable bonds is 6. The summed E-state index contributed by atoms with van der Waals surface area (Å²) in [6.45, 7) is -0.353. The number of amides is 1. The van der Waals surface area contributed by atoms with Gasteiger partial charge in [0.25, 0.3) is 0 Å². The fraction of sp³-hybridized carbons (Fsp3) is 0.231. The van der Waals surface area contributed by atoms with Crippen molar-refractivity contribution in [3.63, 3.8) is 0 Å². The van der Waals surface area contributed by atoms with E-state index in [2.05, 4.69) is 5.32 Å². The molecule has 1 aromatic carbocycles. The minimum absolute atomic E-state index is 0.0887. The molecule has 0 aromatic heterocycles. The maximum atomic E-state index is 13.2. The summed E-state index contributed by atoms with van der Waals surface area (Å²) < 4.78 is 13.2. The molecule has 0 saturated heterocycles. The predicted molar refractivity (Wildman–Crippen MR) is 66.7 cm³/mol. The van der Waals surface area contributed by atoms with Crippen LogP contribution in [-0.2, 0) is 9.59 Å². The summed E-state index contributed by atoms with van der Waals surface area (Å²) in [7, 11) is 0. The number of hydrogen-bond acceptors (Lipinski definition) is 3. The summed E-state index contributed by atoms with van der Waals surface area (Å²) >= 11 is 0. The lowest BCUT2D eigenvalue weighted by molar-refractivity contribution is -0.141. The van der Waals surface area contributed by atoms with Crippen molar-refractivity contribution in [2.24, 2.45) is 0 Å². The van der Waals surface area contributed by atoms with Crippen LogP contribution in [0.2, 0.25) is 0 Å². The van der Waals surface area contributed by atoms with Gasteiger partial charge in [0, 0.05) is 24.7 Å². The van der Waals surface area contributed by atoms with E-state index in [4.69, 9.17) is 10.2 Å². The number of aliphatic carboxylic acids is 1. The van der Waals surface area contributed by atoms with Gasteiger partial charge >= 0.3 is 5.97 Å². The van der Waals surface area contributed by atoms with E-state index in [0.29, 0.717) is 0 Å². The first-order chi connectivity index (χ1) is 9.04. The molecule has 0 saturated carbocycles. The first kappa shape index (κ1) is 14.8. The molecule has 0 bridgehead atoms. The Morgan fingerprint density at radius 1 is 1.37 bits per heavy atom. The minimum Gasteiger partial charge on any atom is -0.480 e. The van der Waals surface area contributed by atoms with Crippen LogP contribution in [0.15, 0.2) is 30.3 Å². The zero-order valence-electron chi connectivity index (χ0n) is 10.0. The molecule has 0 aliphatic carbocycles. The number of aliphatic hydroxyl groups is 1. The van der Waals surface area contributed by atoms with Crippen LogP contribution in [0.1, 0.15) is 12.0 Å². The Labute approximate surface area is 109 Å². The number of carboxylic acid groups (broad SMARTS) is 1. The summed E-state index contributed by atoms with van der Waals surface area (Å²) in [6.07, 6.45) is 2.21. The van der Waals surface area contributed by atoms with Gasteiger partial charge in [0.05, 0.1) is 0 Å². The van der Waals surface area contributed by atoms with Crippen molar-refractivity contribution < 1.29 is 24.2 Å². The van der Waals surface area contributed by atoms with Gasteiger partial charge in [0.15, 0.2) is 0 Å². The van der Waals surface area contributed by atoms with Crippen molar-refractivity contribution in [3.8, 4) is 0 Å². The van der Waals surface area contributed by atoms with Crippen LogP contribution in [-0.4, -0.2) is 34.7 Å². The predicted octanol–water partition coefficient (Wildman–Crippen LogP) is 0.791. The highest BCUT2D eigenvalue weighted by Gasteiger charge is 2.17. The van der Waals surface area contributed by atoms with Gasteiger partial charge in [-0.15, -0.1) is 0 Å². The monoisotopic (exact) mass is 267 g/mol. The van der Waals surface area contributed by atoms with Gasteiger partial charge in [-0.1, -0.05) is 18.2 Å². The van der Waals surface area contributed by atoms with Crippen LogP contribution in [0.4, 0.5) is 4.39 Å². The molecule has 0 heterocycles. The molecule has 1 aromatic rings. The molecule has 0 fully saturated rings. The molecule has 3 N–H and O–H groups in total. The number of halogens is 1. The van der Waals surface area contributed by atoms with Crippen molar-refractivity contribution in [1.82, 2.24) is 5.32 Å². The number of aliphatic hydroxyl groups excluding tert-OH is 1. The smallest absolute Gasteiger partial charge is 0.326 e. The molecular weight excluding hydrogens is 253 g/mol. The first-order valence-corrected chi connectivity index (χ1v) is 5.61. The van der Waals surface area contributed by atoms with Crippen LogP contribution >= 0.6 is 0 Å². The standard InChI is InChI=1S/C13H14FNO4/c14-10-4-2-1-3-9(10)5-6-12(17)15-11(7-8-16)13(18)19/h1-6,11,16H,7-8H2,(H,15,17)(H,18,19)/b6-5+/t11-/m0/s1. The highest BCUT2D eigenvalue weighted by molar-refractivity contribution is 5.94. The Kier molecular flexibility index (Phi) is 5.69. The van der Waals surface area contributed by atoms with E-state index in [-0.39, 0.29) is 18.6 Å². The highest BCUT2D eigenvalue weighted by Crippen LogP contribution is 2.07. The molecule has 0 spiro atoms. The van der Waals surface area contributed by atoms with Crippen molar-refractivity contribution in [1.29, 1.82) is 0 Å². The van der Waals surface area contributed by atoms with Crippen LogP contribution in [0, 0.1) is 5.82 Å². The molecule has 0 radical (unpaired) electrons. The maximum Gasteiger partial charge on any atom is 0.326 e. The largest absolute Gasteiger partial charge is 0.480 e. The van der Waals surface area contributed by atoms with Gasteiger partial charge in [0.2, 0.25) is 5.91 Å². The molecule has 1 amide bonds. The highest BCUT2D eigenvalue weighted by atomic mass is 19.1. The van der Waals surface area contributed by atoms with E-state index >= 15 is 0 Å². The Hall–Kier alpha value is -2.21. The van der Waals surface area contributed by atoms with E-state index < -0.39 is 23.7 Å². The second-order valence-corrected chi connectivity index (χ2v) is 3.77. The number of carbonyl (C=O) groups excluding carboxylic acids is 1. The second kappa shape index (κ2) is 7.27. The molecule has 1 atom stereocenters. The van der Waals surface area contributed by atoms with Gasteiger partial charge in [-0.3, -0.25) is 4.79 Å². The molecular formula is C13H14FNO4. The molecule has 1 rings (SSSR count). The van der Waals surface area contributed by atoms with E-state index in [1.54, 1.807) is 6.07 Å². The van der Waals surface area contributed by atoms with Gasteiger partial charge in [-0.2, -0.15) is 0 Å². The minimum atomic E-state index is -1.23. The molecule has 0 aliphatic heterocycles. The normalized spacial score (nSPS) is 12.3. The number of carboxylic acids is 1. The van der Waals surface area contributed by atoms with Gasteiger partial charge < -0.3 is 15.5 Å². The van der Waals surface area contributed by atoms with E-state index in [1.807, 2.05) is 0 Å². The third-order valence-electron chi connectivity index (χ3n) is 2.35. The molecule has 19 heavy (non-hydrogen) atoms. The molecule has 0 unspecified atom stereocenters. The van der Waals surface area contributed by atoms with Crippen LogP contribution < -0.4 is 5.32 Å². The summed E-state index contributed by atoms with van der Waals surface area (Å²) in [5.41, 5.74) is 0.228. The lowest BCUT2D eigenvalue weighted by atomic mass is 10.2. The quantitative estimate of drug-likeness (QED) is 0.665. The Morgan fingerprint density at radius 2 is 2.05 bits per heavy atom.